The van der Waals surface area contributed by atoms with Gasteiger partial charge in [-0.3, -0.25) is 14.4 Å². The molecular formula is C26H29N3O4S. The van der Waals surface area contributed by atoms with Crippen LogP contribution in [0.1, 0.15) is 27.0 Å². The van der Waals surface area contributed by atoms with Crippen LogP contribution < -0.4 is 10.0 Å². The number of ether oxygens (including phenoxy) is 1. The van der Waals surface area contributed by atoms with Crippen LogP contribution in [0.15, 0.2) is 71.6 Å². The Bertz CT molecular complexity index is 1280. The van der Waals surface area contributed by atoms with Crippen molar-refractivity contribution >= 4 is 27.3 Å². The summed E-state index contributed by atoms with van der Waals surface area (Å²) < 4.78 is 34.2. The standard InChI is InChI=1S/C26H29N3O4S/c1-19-10-11-20(2)25(16-19)34(31,32)28-24-9-4-3-8-23(24)26(30)27-22-7-5-6-21(17-22)18-29-12-14-33-15-13-29/h3-11,16-17,28H,12-15,18H2,1-2H3,(H,27,30). The van der Waals surface area contributed by atoms with Gasteiger partial charge in [0, 0.05) is 25.3 Å². The first-order chi connectivity index (χ1) is 16.3. The number of rotatable bonds is 7. The SMILES string of the molecule is Cc1ccc(C)c(S(=O)(=O)Nc2ccccc2C(=O)Nc2cccc(CN3CCOCC3)c2)c1. The fourth-order valence-electron chi connectivity index (χ4n) is 3.93. The summed E-state index contributed by atoms with van der Waals surface area (Å²) in [4.78, 5) is 15.6. The maximum absolute atomic E-state index is 13.1. The highest BCUT2D eigenvalue weighted by Gasteiger charge is 2.21. The van der Waals surface area contributed by atoms with Gasteiger partial charge < -0.3 is 10.1 Å². The van der Waals surface area contributed by atoms with Crippen molar-refractivity contribution in [3.63, 3.8) is 0 Å². The Kier molecular flexibility index (Phi) is 7.31. The minimum atomic E-state index is -3.86. The number of nitrogens with one attached hydrogen (secondary N) is 2. The number of carbonyl (C=O) groups is 1. The van der Waals surface area contributed by atoms with Crippen LogP contribution in [-0.4, -0.2) is 45.5 Å². The van der Waals surface area contributed by atoms with Gasteiger partial charge in [0.15, 0.2) is 0 Å². The number of nitrogens with zero attached hydrogens (tertiary/aromatic N) is 1. The average Bonchev–Trinajstić information content (AvgIpc) is 2.81. The normalized spacial score (nSPS) is 14.5. The van der Waals surface area contributed by atoms with Gasteiger partial charge in [-0.15, -0.1) is 0 Å². The molecule has 4 rings (SSSR count). The van der Waals surface area contributed by atoms with Gasteiger partial charge in [0.1, 0.15) is 0 Å². The van der Waals surface area contributed by atoms with Crippen molar-refractivity contribution in [3.05, 3.63) is 89.0 Å². The molecule has 1 heterocycles. The minimum absolute atomic E-state index is 0.193. The van der Waals surface area contributed by atoms with Crippen molar-refractivity contribution in [1.29, 1.82) is 0 Å². The van der Waals surface area contributed by atoms with Crippen LogP contribution in [0.3, 0.4) is 0 Å². The molecule has 2 N–H and O–H groups in total. The van der Waals surface area contributed by atoms with E-state index in [0.717, 1.165) is 44.0 Å². The van der Waals surface area contributed by atoms with Crippen LogP contribution in [0, 0.1) is 13.8 Å². The third-order valence-corrected chi connectivity index (χ3v) is 7.25. The van der Waals surface area contributed by atoms with Crippen LogP contribution >= 0.6 is 0 Å². The largest absolute Gasteiger partial charge is 0.379 e. The molecule has 1 fully saturated rings. The Balaban J connectivity index is 1.52. The maximum atomic E-state index is 13.1. The van der Waals surface area contributed by atoms with E-state index in [1.807, 2.05) is 37.3 Å². The number of sulfonamides is 1. The van der Waals surface area contributed by atoms with E-state index in [1.54, 1.807) is 43.3 Å². The lowest BCUT2D eigenvalue weighted by Gasteiger charge is -2.26. The summed E-state index contributed by atoms with van der Waals surface area (Å²) in [6.45, 7) is 7.58. The van der Waals surface area contributed by atoms with E-state index in [9.17, 15) is 13.2 Å². The highest BCUT2D eigenvalue weighted by Crippen LogP contribution is 2.24. The second kappa shape index (κ2) is 10.4. The molecule has 34 heavy (non-hydrogen) atoms. The van der Waals surface area contributed by atoms with E-state index in [2.05, 4.69) is 14.9 Å². The molecular weight excluding hydrogens is 450 g/mol. The first-order valence-electron chi connectivity index (χ1n) is 11.2. The number of benzene rings is 3. The lowest BCUT2D eigenvalue weighted by molar-refractivity contribution is 0.0342. The lowest BCUT2D eigenvalue weighted by Crippen LogP contribution is -2.35. The van der Waals surface area contributed by atoms with Crippen molar-refractivity contribution in [2.24, 2.45) is 0 Å². The third-order valence-electron chi connectivity index (χ3n) is 5.74. The molecule has 0 aliphatic carbocycles. The number of morpholine rings is 1. The average molecular weight is 480 g/mol. The zero-order chi connectivity index (χ0) is 24.1. The van der Waals surface area contributed by atoms with Crippen molar-refractivity contribution in [1.82, 2.24) is 4.90 Å². The van der Waals surface area contributed by atoms with E-state index in [1.165, 1.54) is 0 Å². The number of aryl methyl sites for hydroxylation is 2. The number of carbonyl (C=O) groups excluding carboxylic acids is 1. The Morgan fingerprint density at radius 1 is 0.971 bits per heavy atom. The van der Waals surface area contributed by atoms with Crippen molar-refractivity contribution < 1.29 is 17.9 Å². The van der Waals surface area contributed by atoms with Gasteiger partial charge in [-0.2, -0.15) is 0 Å². The van der Waals surface area contributed by atoms with E-state index >= 15 is 0 Å². The lowest BCUT2D eigenvalue weighted by atomic mass is 10.1. The summed E-state index contributed by atoms with van der Waals surface area (Å²) in [7, 11) is -3.86. The van der Waals surface area contributed by atoms with Crippen LogP contribution in [0.2, 0.25) is 0 Å². The molecule has 178 valence electrons. The van der Waals surface area contributed by atoms with Crippen molar-refractivity contribution in [2.75, 3.05) is 36.3 Å². The molecule has 0 spiro atoms. The predicted molar refractivity (Wildman–Crippen MR) is 134 cm³/mol. The van der Waals surface area contributed by atoms with Gasteiger partial charge in [-0.25, -0.2) is 8.42 Å². The van der Waals surface area contributed by atoms with Gasteiger partial charge in [0.2, 0.25) is 0 Å². The van der Waals surface area contributed by atoms with Crippen LogP contribution in [-0.2, 0) is 21.3 Å². The number of amides is 1. The quantitative estimate of drug-likeness (QED) is 0.531. The molecule has 0 radical (unpaired) electrons. The van der Waals surface area contributed by atoms with E-state index in [-0.39, 0.29) is 22.1 Å². The first kappa shape index (κ1) is 23.9. The number of anilines is 2. The second-order valence-electron chi connectivity index (χ2n) is 8.46. The molecule has 3 aromatic rings. The summed E-state index contributed by atoms with van der Waals surface area (Å²) in [6, 6.07) is 19.5. The van der Waals surface area contributed by atoms with Gasteiger partial charge in [0.25, 0.3) is 15.9 Å². The van der Waals surface area contributed by atoms with E-state index < -0.39 is 10.0 Å². The first-order valence-corrected chi connectivity index (χ1v) is 12.7. The second-order valence-corrected chi connectivity index (χ2v) is 10.1. The molecule has 1 aliphatic rings. The fraction of sp³-hybridized carbons (Fsp3) is 0.269. The molecule has 1 saturated heterocycles. The van der Waals surface area contributed by atoms with Crippen molar-refractivity contribution in [2.45, 2.75) is 25.3 Å². The van der Waals surface area contributed by atoms with Crippen LogP contribution in [0.25, 0.3) is 0 Å². The Labute approximate surface area is 200 Å². The molecule has 0 atom stereocenters. The van der Waals surface area contributed by atoms with E-state index in [4.69, 9.17) is 4.74 Å². The molecule has 8 heteroatoms. The molecule has 0 aromatic heterocycles. The summed E-state index contributed by atoms with van der Waals surface area (Å²) in [6.07, 6.45) is 0. The fourth-order valence-corrected chi connectivity index (χ4v) is 5.34. The summed E-state index contributed by atoms with van der Waals surface area (Å²) in [5.41, 5.74) is 3.69. The highest BCUT2D eigenvalue weighted by molar-refractivity contribution is 7.92. The number of hydrogen-bond acceptors (Lipinski definition) is 5. The molecule has 3 aromatic carbocycles. The summed E-state index contributed by atoms with van der Waals surface area (Å²) in [5.74, 6) is -0.386. The molecule has 1 aliphatic heterocycles. The maximum Gasteiger partial charge on any atom is 0.262 e. The zero-order valence-electron chi connectivity index (χ0n) is 19.4. The third kappa shape index (κ3) is 5.83. The Hall–Kier alpha value is -3.20. The summed E-state index contributed by atoms with van der Waals surface area (Å²) in [5, 5.41) is 2.91. The van der Waals surface area contributed by atoms with Gasteiger partial charge in [-0.1, -0.05) is 36.4 Å². The van der Waals surface area contributed by atoms with Gasteiger partial charge in [0.05, 0.1) is 29.4 Å². The topological polar surface area (TPSA) is 87.7 Å². The monoisotopic (exact) mass is 479 g/mol. The highest BCUT2D eigenvalue weighted by atomic mass is 32.2. The van der Waals surface area contributed by atoms with Gasteiger partial charge in [-0.05, 0) is 60.9 Å². The molecule has 1 amide bonds. The number of hydrogen-bond donors (Lipinski definition) is 2. The van der Waals surface area contributed by atoms with Crippen LogP contribution in [0.4, 0.5) is 11.4 Å². The van der Waals surface area contributed by atoms with Gasteiger partial charge >= 0.3 is 0 Å². The molecule has 0 unspecified atom stereocenters. The Morgan fingerprint density at radius 3 is 2.53 bits per heavy atom. The smallest absolute Gasteiger partial charge is 0.262 e. The zero-order valence-corrected chi connectivity index (χ0v) is 20.2. The van der Waals surface area contributed by atoms with E-state index in [0.29, 0.717) is 11.3 Å². The Morgan fingerprint density at radius 2 is 1.74 bits per heavy atom. The predicted octanol–water partition coefficient (Wildman–Crippen LogP) is 4.19. The van der Waals surface area contributed by atoms with Crippen molar-refractivity contribution in [3.8, 4) is 0 Å². The summed E-state index contributed by atoms with van der Waals surface area (Å²) >= 11 is 0. The molecule has 0 bridgehead atoms. The number of para-hydroxylation sites is 1. The minimum Gasteiger partial charge on any atom is -0.379 e. The molecule has 7 nitrogen and oxygen atoms in total. The van der Waals surface area contributed by atoms with Crippen LogP contribution in [0.5, 0.6) is 0 Å². The molecule has 0 saturated carbocycles.